The van der Waals surface area contributed by atoms with Crippen LogP contribution in [-0.2, 0) is 4.74 Å². The van der Waals surface area contributed by atoms with Crippen molar-refractivity contribution in [3.63, 3.8) is 0 Å². The number of aromatic nitrogens is 5. The van der Waals surface area contributed by atoms with Gasteiger partial charge in [-0.25, -0.2) is 18.3 Å². The molecule has 3 aliphatic rings. The quantitative estimate of drug-likeness (QED) is 0.573. The molecule has 2 atom stereocenters. The van der Waals surface area contributed by atoms with Gasteiger partial charge in [0.15, 0.2) is 11.3 Å². The van der Waals surface area contributed by atoms with Crippen LogP contribution in [0, 0.1) is 0 Å². The van der Waals surface area contributed by atoms with Gasteiger partial charge in [-0.2, -0.15) is 10.2 Å². The normalized spacial score (nSPS) is 22.9. The number of allylic oxidation sites excluding steroid dienone is 1. The Kier molecular flexibility index (Phi) is 5.09. The number of nitrogens with zero attached hydrogens (tertiary/aromatic N) is 6. The molecule has 11 heteroatoms. The van der Waals surface area contributed by atoms with Crippen LogP contribution in [0.1, 0.15) is 60.6 Å². The number of alkyl halides is 2. The third-order valence-electron chi connectivity index (χ3n) is 7.05. The number of fused-ring (bicyclic) bond motifs is 3. The van der Waals surface area contributed by atoms with Crippen LogP contribution in [0.3, 0.4) is 0 Å². The molecule has 1 amide bonds. The molecule has 3 fully saturated rings. The first-order valence-electron chi connectivity index (χ1n) is 11.5. The Morgan fingerprint density at radius 2 is 2.09 bits per heavy atom. The first-order valence-corrected chi connectivity index (χ1v) is 11.5. The van der Waals surface area contributed by atoms with Crippen molar-refractivity contribution < 1.29 is 18.3 Å². The molecule has 34 heavy (non-hydrogen) atoms. The Labute approximate surface area is 194 Å². The summed E-state index contributed by atoms with van der Waals surface area (Å²) < 4.78 is 36.2. The van der Waals surface area contributed by atoms with E-state index in [-0.39, 0.29) is 29.4 Å². The Morgan fingerprint density at radius 1 is 1.26 bits per heavy atom. The third-order valence-corrected chi connectivity index (χ3v) is 7.05. The lowest BCUT2D eigenvalue weighted by molar-refractivity contribution is 0.0988. The van der Waals surface area contributed by atoms with E-state index in [0.717, 1.165) is 44.5 Å². The molecular weight excluding hydrogens is 444 g/mol. The van der Waals surface area contributed by atoms with E-state index in [1.165, 1.54) is 22.5 Å². The van der Waals surface area contributed by atoms with Crippen LogP contribution < -0.4 is 10.2 Å². The lowest BCUT2D eigenvalue weighted by Crippen LogP contribution is -2.37. The number of carbonyl (C=O) groups is 1. The maximum absolute atomic E-state index is 13.7. The van der Waals surface area contributed by atoms with Gasteiger partial charge in [0.1, 0.15) is 11.4 Å². The molecule has 0 unspecified atom stereocenters. The van der Waals surface area contributed by atoms with Crippen LogP contribution in [0.2, 0.25) is 0 Å². The largest absolute Gasteiger partial charge is 0.374 e. The number of anilines is 2. The van der Waals surface area contributed by atoms with Crippen LogP contribution in [0.4, 0.5) is 20.3 Å². The number of carbonyl (C=O) groups excluding carboxylic acids is 1. The molecule has 3 aromatic heterocycles. The minimum atomic E-state index is -2.81. The molecule has 0 radical (unpaired) electrons. The van der Waals surface area contributed by atoms with Crippen molar-refractivity contribution in [2.75, 3.05) is 23.4 Å². The van der Waals surface area contributed by atoms with Gasteiger partial charge in [0, 0.05) is 18.9 Å². The van der Waals surface area contributed by atoms with E-state index in [0.29, 0.717) is 12.3 Å². The number of halogens is 2. The number of amides is 1. The fraction of sp³-hybridized carbons (Fsp3) is 0.478. The molecule has 1 N–H and O–H groups in total. The second-order valence-electron chi connectivity index (χ2n) is 9.25. The molecule has 0 aromatic carbocycles. The molecule has 3 aromatic rings. The zero-order valence-corrected chi connectivity index (χ0v) is 18.5. The van der Waals surface area contributed by atoms with Crippen molar-refractivity contribution in [3.05, 3.63) is 48.1 Å². The molecule has 5 heterocycles. The number of morpholine rings is 1. The van der Waals surface area contributed by atoms with Crippen LogP contribution >= 0.6 is 0 Å². The van der Waals surface area contributed by atoms with Gasteiger partial charge < -0.3 is 15.0 Å². The summed E-state index contributed by atoms with van der Waals surface area (Å²) in [4.78, 5) is 20.0. The van der Waals surface area contributed by atoms with Gasteiger partial charge in [-0.15, -0.1) is 0 Å². The predicted octanol–water partition coefficient (Wildman–Crippen LogP) is 3.76. The molecule has 1 aliphatic carbocycles. The minimum absolute atomic E-state index is 0.00825. The highest BCUT2D eigenvalue weighted by Gasteiger charge is 2.39. The third kappa shape index (κ3) is 3.64. The molecule has 1 saturated carbocycles. The number of ether oxygens (including phenoxy) is 1. The van der Waals surface area contributed by atoms with Crippen molar-refractivity contribution in [1.29, 1.82) is 0 Å². The zero-order chi connectivity index (χ0) is 23.4. The molecule has 2 aliphatic heterocycles. The van der Waals surface area contributed by atoms with Gasteiger partial charge in [0.05, 0.1) is 36.7 Å². The lowest BCUT2D eigenvalue weighted by Gasteiger charge is -2.27. The van der Waals surface area contributed by atoms with E-state index in [9.17, 15) is 13.6 Å². The van der Waals surface area contributed by atoms with Crippen molar-refractivity contribution in [2.24, 2.45) is 0 Å². The Bertz CT molecular complexity index is 1260. The van der Waals surface area contributed by atoms with Gasteiger partial charge in [-0.3, -0.25) is 9.48 Å². The standard InChI is InChI=1S/C23H25F2N7O2/c1-13-2-4-14(5-3-13)32-11-18(20(29-32)21(24)25)27-23(33)17-9-26-31-7-6-19(28-22(17)31)30-10-16-8-15(30)12-34-16/h6-7,9,11,14-16,21H,1-5,8,10,12H2,(H,27,33)/t15-,16-/m1/s1. The molecule has 178 valence electrons. The van der Waals surface area contributed by atoms with E-state index in [1.54, 1.807) is 10.9 Å². The van der Waals surface area contributed by atoms with Crippen molar-refractivity contribution in [2.45, 2.75) is 56.7 Å². The second kappa shape index (κ2) is 8.15. The Morgan fingerprint density at radius 3 is 2.79 bits per heavy atom. The van der Waals surface area contributed by atoms with Crippen molar-refractivity contribution >= 4 is 23.1 Å². The summed E-state index contributed by atoms with van der Waals surface area (Å²) in [6.07, 6.45) is 6.30. The summed E-state index contributed by atoms with van der Waals surface area (Å²) in [7, 11) is 0. The molecular formula is C23H25F2N7O2. The predicted molar refractivity (Wildman–Crippen MR) is 120 cm³/mol. The topological polar surface area (TPSA) is 89.6 Å². The van der Waals surface area contributed by atoms with Gasteiger partial charge >= 0.3 is 0 Å². The summed E-state index contributed by atoms with van der Waals surface area (Å²) in [5.74, 6) is 0.197. The molecule has 2 bridgehead atoms. The number of rotatable bonds is 5. The fourth-order valence-corrected chi connectivity index (χ4v) is 5.17. The summed E-state index contributed by atoms with van der Waals surface area (Å²) in [5, 5.41) is 10.9. The zero-order valence-electron chi connectivity index (χ0n) is 18.5. The van der Waals surface area contributed by atoms with E-state index in [1.807, 2.05) is 6.07 Å². The number of hydrogen-bond donors (Lipinski definition) is 1. The minimum Gasteiger partial charge on any atom is -0.374 e. The highest BCUT2D eigenvalue weighted by atomic mass is 19.3. The van der Waals surface area contributed by atoms with E-state index in [4.69, 9.17) is 4.74 Å². The Balaban J connectivity index is 1.26. The maximum Gasteiger partial charge on any atom is 0.284 e. The van der Waals surface area contributed by atoms with Gasteiger partial charge in [-0.1, -0.05) is 12.2 Å². The van der Waals surface area contributed by atoms with Gasteiger partial charge in [0.25, 0.3) is 12.3 Å². The molecule has 9 nitrogen and oxygen atoms in total. The molecule has 0 spiro atoms. The van der Waals surface area contributed by atoms with E-state index in [2.05, 4.69) is 32.0 Å². The van der Waals surface area contributed by atoms with Crippen molar-refractivity contribution in [1.82, 2.24) is 24.4 Å². The summed E-state index contributed by atoms with van der Waals surface area (Å²) >= 11 is 0. The monoisotopic (exact) mass is 469 g/mol. The fourth-order valence-electron chi connectivity index (χ4n) is 5.17. The second-order valence-corrected chi connectivity index (χ2v) is 9.25. The first-order chi connectivity index (χ1) is 16.5. The van der Waals surface area contributed by atoms with Gasteiger partial charge in [0.2, 0.25) is 0 Å². The summed E-state index contributed by atoms with van der Waals surface area (Å²) in [5.41, 5.74) is 1.32. The smallest absolute Gasteiger partial charge is 0.284 e. The van der Waals surface area contributed by atoms with Crippen LogP contribution in [0.15, 0.2) is 36.8 Å². The Hall–Kier alpha value is -3.34. The number of hydrogen-bond acceptors (Lipinski definition) is 6. The SMILES string of the molecule is C=C1CCC(n2cc(NC(=O)c3cnn4ccc(N5C[C@H]6C[C@@H]5CO6)nc34)c(C(F)F)n2)CC1. The van der Waals surface area contributed by atoms with Crippen LogP contribution in [0.25, 0.3) is 5.65 Å². The highest BCUT2D eigenvalue weighted by molar-refractivity contribution is 6.08. The maximum atomic E-state index is 13.7. The summed E-state index contributed by atoms with van der Waals surface area (Å²) in [6, 6.07) is 2.14. The molecule has 2 saturated heterocycles. The average Bonchev–Trinajstić information content (AvgIpc) is 3.61. The van der Waals surface area contributed by atoms with Crippen LogP contribution in [0.5, 0.6) is 0 Å². The lowest BCUT2D eigenvalue weighted by atomic mass is 9.92. The van der Waals surface area contributed by atoms with E-state index < -0.39 is 18.0 Å². The van der Waals surface area contributed by atoms with Crippen LogP contribution in [-0.4, -0.2) is 55.6 Å². The first kappa shape index (κ1) is 21.2. The average molecular weight is 469 g/mol. The van der Waals surface area contributed by atoms with E-state index >= 15 is 0 Å². The van der Waals surface area contributed by atoms with Crippen molar-refractivity contribution in [3.8, 4) is 0 Å². The molecule has 6 rings (SSSR count). The van der Waals surface area contributed by atoms with Gasteiger partial charge in [-0.05, 0) is 38.2 Å². The highest BCUT2D eigenvalue weighted by Crippen LogP contribution is 2.34. The summed E-state index contributed by atoms with van der Waals surface area (Å²) in [6.45, 7) is 5.42. The number of nitrogens with one attached hydrogen (secondary N) is 1.